The topological polar surface area (TPSA) is 54.0 Å². The summed E-state index contributed by atoms with van der Waals surface area (Å²) in [5.74, 6) is 1.04. The molecule has 1 saturated carbocycles. The molecular formula is C14H20ClN3O. The standard InChI is InChI=1S/C14H20ClN3O/c1-9-5-3-4-6-12(9)18-14(19)10-7-11(15)13(16-2)17-8-10/h7-9,12H,3-6H2,1-2H3,(H,16,17)(H,18,19). The minimum Gasteiger partial charge on any atom is -0.372 e. The van der Waals surface area contributed by atoms with Gasteiger partial charge in [0.2, 0.25) is 0 Å². The number of hydrogen-bond acceptors (Lipinski definition) is 3. The molecule has 1 aliphatic rings. The van der Waals surface area contributed by atoms with Crippen molar-refractivity contribution in [3.05, 3.63) is 22.8 Å². The SMILES string of the molecule is CNc1ncc(C(=O)NC2CCCCC2C)cc1Cl. The van der Waals surface area contributed by atoms with Crippen molar-refractivity contribution >= 4 is 23.3 Å². The van der Waals surface area contributed by atoms with E-state index in [1.54, 1.807) is 19.3 Å². The molecule has 0 saturated heterocycles. The molecule has 5 heteroatoms. The molecule has 0 aliphatic heterocycles. The second kappa shape index (κ2) is 6.24. The third-order valence-electron chi connectivity index (χ3n) is 3.77. The van der Waals surface area contributed by atoms with Crippen LogP contribution in [0.25, 0.3) is 0 Å². The van der Waals surface area contributed by atoms with E-state index in [-0.39, 0.29) is 11.9 Å². The number of pyridine rings is 1. The van der Waals surface area contributed by atoms with E-state index in [2.05, 4.69) is 22.5 Å². The van der Waals surface area contributed by atoms with E-state index >= 15 is 0 Å². The monoisotopic (exact) mass is 281 g/mol. The Labute approximate surface area is 118 Å². The molecule has 0 spiro atoms. The minimum absolute atomic E-state index is 0.0872. The third-order valence-corrected chi connectivity index (χ3v) is 4.06. The Bertz CT molecular complexity index is 464. The second-order valence-electron chi connectivity index (χ2n) is 5.15. The van der Waals surface area contributed by atoms with Gasteiger partial charge < -0.3 is 10.6 Å². The number of aromatic nitrogens is 1. The van der Waals surface area contributed by atoms with Crippen LogP contribution < -0.4 is 10.6 Å². The van der Waals surface area contributed by atoms with Crippen LogP contribution in [0.4, 0.5) is 5.82 Å². The van der Waals surface area contributed by atoms with Crippen molar-refractivity contribution in [3.63, 3.8) is 0 Å². The number of nitrogens with one attached hydrogen (secondary N) is 2. The zero-order valence-corrected chi connectivity index (χ0v) is 12.1. The normalized spacial score (nSPS) is 22.9. The molecular weight excluding hydrogens is 262 g/mol. The molecule has 104 valence electrons. The van der Waals surface area contributed by atoms with Crippen molar-refractivity contribution in [2.45, 2.75) is 38.6 Å². The maximum atomic E-state index is 12.2. The van der Waals surface area contributed by atoms with Gasteiger partial charge in [-0.3, -0.25) is 4.79 Å². The minimum atomic E-state index is -0.0872. The number of halogens is 1. The smallest absolute Gasteiger partial charge is 0.253 e. The van der Waals surface area contributed by atoms with E-state index in [9.17, 15) is 4.79 Å². The van der Waals surface area contributed by atoms with Crippen LogP contribution in [-0.4, -0.2) is 24.0 Å². The molecule has 19 heavy (non-hydrogen) atoms. The van der Waals surface area contributed by atoms with Crippen molar-refractivity contribution in [1.82, 2.24) is 10.3 Å². The van der Waals surface area contributed by atoms with Gasteiger partial charge in [-0.05, 0) is 24.8 Å². The average molecular weight is 282 g/mol. The number of anilines is 1. The highest BCUT2D eigenvalue weighted by Crippen LogP contribution is 2.24. The van der Waals surface area contributed by atoms with Crippen molar-refractivity contribution in [1.29, 1.82) is 0 Å². The highest BCUT2D eigenvalue weighted by molar-refractivity contribution is 6.33. The number of nitrogens with zero attached hydrogens (tertiary/aromatic N) is 1. The van der Waals surface area contributed by atoms with Crippen molar-refractivity contribution in [2.75, 3.05) is 12.4 Å². The van der Waals surface area contributed by atoms with Crippen molar-refractivity contribution < 1.29 is 4.79 Å². The van der Waals surface area contributed by atoms with Gasteiger partial charge in [-0.1, -0.05) is 31.4 Å². The molecule has 1 aromatic rings. The summed E-state index contributed by atoms with van der Waals surface area (Å²) in [6.45, 7) is 2.19. The van der Waals surface area contributed by atoms with Gasteiger partial charge in [-0.25, -0.2) is 4.98 Å². The molecule has 0 bridgehead atoms. The van der Waals surface area contributed by atoms with Gasteiger partial charge in [0, 0.05) is 19.3 Å². The molecule has 2 atom stereocenters. The lowest BCUT2D eigenvalue weighted by Gasteiger charge is -2.29. The van der Waals surface area contributed by atoms with Crippen LogP contribution in [0.5, 0.6) is 0 Å². The molecule has 1 fully saturated rings. The molecule has 1 amide bonds. The Morgan fingerprint density at radius 1 is 1.42 bits per heavy atom. The van der Waals surface area contributed by atoms with E-state index in [1.165, 1.54) is 19.3 Å². The van der Waals surface area contributed by atoms with Gasteiger partial charge >= 0.3 is 0 Å². The molecule has 0 radical (unpaired) electrons. The molecule has 2 N–H and O–H groups in total. The Hall–Kier alpha value is -1.29. The van der Waals surface area contributed by atoms with Crippen LogP contribution in [0.2, 0.25) is 5.02 Å². The Morgan fingerprint density at radius 3 is 2.79 bits per heavy atom. The van der Waals surface area contributed by atoms with Crippen molar-refractivity contribution in [2.24, 2.45) is 5.92 Å². The number of hydrogen-bond donors (Lipinski definition) is 2. The fraction of sp³-hybridized carbons (Fsp3) is 0.571. The molecule has 4 nitrogen and oxygen atoms in total. The first kappa shape index (κ1) is 14.1. The van der Waals surface area contributed by atoms with Crippen LogP contribution in [0.1, 0.15) is 43.0 Å². The van der Waals surface area contributed by atoms with E-state index in [4.69, 9.17) is 11.6 Å². The molecule has 1 heterocycles. The summed E-state index contributed by atoms with van der Waals surface area (Å²) in [6, 6.07) is 1.92. The van der Waals surface area contributed by atoms with Gasteiger partial charge in [0.1, 0.15) is 5.82 Å². The van der Waals surface area contributed by atoms with Gasteiger partial charge in [0.05, 0.1) is 10.6 Å². The summed E-state index contributed by atoms with van der Waals surface area (Å²) in [7, 11) is 1.75. The number of rotatable bonds is 3. The van der Waals surface area contributed by atoms with E-state index in [0.29, 0.717) is 22.3 Å². The lowest BCUT2D eigenvalue weighted by molar-refractivity contribution is 0.0910. The highest BCUT2D eigenvalue weighted by Gasteiger charge is 2.23. The van der Waals surface area contributed by atoms with Crippen LogP contribution in [0.15, 0.2) is 12.3 Å². The quantitative estimate of drug-likeness (QED) is 0.895. The maximum Gasteiger partial charge on any atom is 0.253 e. The average Bonchev–Trinajstić information content (AvgIpc) is 2.41. The molecule has 2 unspecified atom stereocenters. The first-order valence-electron chi connectivity index (χ1n) is 6.76. The number of carbonyl (C=O) groups is 1. The second-order valence-corrected chi connectivity index (χ2v) is 5.55. The first-order valence-corrected chi connectivity index (χ1v) is 7.13. The van der Waals surface area contributed by atoms with Gasteiger partial charge in [0.25, 0.3) is 5.91 Å². The Morgan fingerprint density at radius 2 is 2.16 bits per heavy atom. The predicted molar refractivity (Wildman–Crippen MR) is 77.7 cm³/mol. The summed E-state index contributed by atoms with van der Waals surface area (Å²) in [5.41, 5.74) is 0.516. The van der Waals surface area contributed by atoms with Crippen LogP contribution in [0, 0.1) is 5.92 Å². The fourth-order valence-corrected chi connectivity index (χ4v) is 2.79. The predicted octanol–water partition coefficient (Wildman–Crippen LogP) is 3.09. The highest BCUT2D eigenvalue weighted by atomic mass is 35.5. The molecule has 1 aromatic heterocycles. The molecule has 0 aromatic carbocycles. The lowest BCUT2D eigenvalue weighted by atomic mass is 9.86. The number of carbonyl (C=O) groups excluding carboxylic acids is 1. The summed E-state index contributed by atoms with van der Waals surface area (Å²) in [6.07, 6.45) is 6.25. The third kappa shape index (κ3) is 3.38. The molecule has 2 rings (SSSR count). The van der Waals surface area contributed by atoms with Crippen LogP contribution in [-0.2, 0) is 0 Å². The largest absolute Gasteiger partial charge is 0.372 e. The summed E-state index contributed by atoms with van der Waals surface area (Å²) >= 11 is 6.04. The zero-order chi connectivity index (χ0) is 13.8. The first-order chi connectivity index (χ1) is 9.11. The molecule has 1 aliphatic carbocycles. The lowest BCUT2D eigenvalue weighted by Crippen LogP contribution is -2.41. The summed E-state index contributed by atoms with van der Waals surface area (Å²) < 4.78 is 0. The fourth-order valence-electron chi connectivity index (χ4n) is 2.53. The maximum absolute atomic E-state index is 12.2. The Balaban J connectivity index is 2.05. The van der Waals surface area contributed by atoms with E-state index in [1.807, 2.05) is 0 Å². The van der Waals surface area contributed by atoms with Crippen LogP contribution in [0.3, 0.4) is 0 Å². The summed E-state index contributed by atoms with van der Waals surface area (Å²) in [4.78, 5) is 16.3. The van der Waals surface area contributed by atoms with Gasteiger partial charge in [-0.2, -0.15) is 0 Å². The number of amides is 1. The van der Waals surface area contributed by atoms with Crippen LogP contribution >= 0.6 is 11.6 Å². The van der Waals surface area contributed by atoms with E-state index in [0.717, 1.165) is 6.42 Å². The van der Waals surface area contributed by atoms with Crippen molar-refractivity contribution in [3.8, 4) is 0 Å². The van der Waals surface area contributed by atoms with E-state index < -0.39 is 0 Å². The van der Waals surface area contributed by atoms with Gasteiger partial charge in [0.15, 0.2) is 0 Å². The zero-order valence-electron chi connectivity index (χ0n) is 11.4. The summed E-state index contributed by atoms with van der Waals surface area (Å²) in [5, 5.41) is 6.43. The Kier molecular flexibility index (Phi) is 4.64. The van der Waals surface area contributed by atoms with Gasteiger partial charge in [-0.15, -0.1) is 0 Å².